The van der Waals surface area contributed by atoms with Crippen LogP contribution in [0.1, 0.15) is 23.7 Å². The molecule has 0 fully saturated rings. The Balaban J connectivity index is 2.37. The van der Waals surface area contributed by atoms with E-state index in [2.05, 4.69) is 37.2 Å². The van der Waals surface area contributed by atoms with E-state index in [0.717, 1.165) is 0 Å². The molecule has 0 radical (unpaired) electrons. The number of amides is 1. The highest BCUT2D eigenvalue weighted by molar-refractivity contribution is 9.11. The molecule has 1 aromatic heterocycles. The van der Waals surface area contributed by atoms with Crippen LogP contribution in [0.4, 0.5) is 0 Å². The second-order valence-electron chi connectivity index (χ2n) is 4.52. The number of rotatable bonds is 4. The molecule has 0 bridgehead atoms. The first-order chi connectivity index (χ1) is 9.81. The molecule has 0 saturated carbocycles. The summed E-state index contributed by atoms with van der Waals surface area (Å²) in [6.45, 7) is 1.59. The van der Waals surface area contributed by atoms with Crippen LogP contribution < -0.4 is 5.32 Å². The van der Waals surface area contributed by atoms with Crippen molar-refractivity contribution >= 4 is 54.7 Å². The highest BCUT2D eigenvalue weighted by atomic mass is 79.9. The quantitative estimate of drug-likeness (QED) is 0.704. The smallest absolute Gasteiger partial charge is 0.305 e. The Bertz CT molecular complexity index is 725. The van der Waals surface area contributed by atoms with E-state index in [1.807, 2.05) is 0 Å². The van der Waals surface area contributed by atoms with Crippen molar-refractivity contribution in [1.29, 1.82) is 0 Å². The number of aliphatic carboxylic acids is 1. The molecule has 0 spiro atoms. The zero-order valence-electron chi connectivity index (χ0n) is 10.8. The standard InChI is InChI=1S/C13H11Br2NO5/c1-5(2-9(17)18)16-13(20)6-4-21-8-3-7(14)12(19)11(15)10(6)8/h3-5,19H,2H2,1H3,(H,16,20)(H,17,18). The Morgan fingerprint density at radius 1 is 1.43 bits per heavy atom. The van der Waals surface area contributed by atoms with Crippen LogP contribution >= 0.6 is 31.9 Å². The average molecular weight is 421 g/mol. The predicted molar refractivity (Wildman–Crippen MR) is 82.5 cm³/mol. The molecule has 0 aliphatic carbocycles. The lowest BCUT2D eigenvalue weighted by molar-refractivity contribution is -0.137. The van der Waals surface area contributed by atoms with Crippen LogP contribution in [0.5, 0.6) is 5.75 Å². The van der Waals surface area contributed by atoms with E-state index in [9.17, 15) is 14.7 Å². The van der Waals surface area contributed by atoms with Crippen molar-refractivity contribution in [2.45, 2.75) is 19.4 Å². The lowest BCUT2D eigenvalue weighted by atomic mass is 10.1. The summed E-state index contributed by atoms with van der Waals surface area (Å²) in [6, 6.07) is 1.02. The van der Waals surface area contributed by atoms with Gasteiger partial charge in [0.2, 0.25) is 0 Å². The number of carboxylic acids is 1. The highest BCUT2D eigenvalue weighted by Crippen LogP contribution is 2.40. The summed E-state index contributed by atoms with van der Waals surface area (Å²) < 4.78 is 6.06. The summed E-state index contributed by atoms with van der Waals surface area (Å²) in [6.07, 6.45) is 1.09. The van der Waals surface area contributed by atoms with E-state index in [1.165, 1.54) is 6.26 Å². The predicted octanol–water partition coefficient (Wildman–Crippen LogP) is 3.26. The van der Waals surface area contributed by atoms with Crippen molar-refractivity contribution < 1.29 is 24.2 Å². The van der Waals surface area contributed by atoms with E-state index in [1.54, 1.807) is 13.0 Å². The summed E-state index contributed by atoms with van der Waals surface area (Å²) in [5, 5.41) is 21.6. The third-order valence-electron chi connectivity index (χ3n) is 2.83. The SMILES string of the molecule is CC(CC(=O)O)NC(=O)c1coc2cc(Br)c(O)c(Br)c12. The van der Waals surface area contributed by atoms with Crippen LogP contribution in [0.25, 0.3) is 11.0 Å². The molecule has 3 N–H and O–H groups in total. The van der Waals surface area contributed by atoms with Crippen LogP contribution in [0.3, 0.4) is 0 Å². The summed E-state index contributed by atoms with van der Waals surface area (Å²) in [5.74, 6) is -1.51. The highest BCUT2D eigenvalue weighted by Gasteiger charge is 2.21. The van der Waals surface area contributed by atoms with Gasteiger partial charge in [-0.3, -0.25) is 9.59 Å². The van der Waals surface area contributed by atoms with Gasteiger partial charge in [-0.1, -0.05) is 0 Å². The van der Waals surface area contributed by atoms with Crippen molar-refractivity contribution in [3.63, 3.8) is 0 Å². The molecule has 8 heteroatoms. The Hall–Kier alpha value is -1.54. The minimum absolute atomic E-state index is 0.0449. The van der Waals surface area contributed by atoms with Crippen LogP contribution in [-0.2, 0) is 4.79 Å². The number of carboxylic acid groups (broad SMARTS) is 1. The van der Waals surface area contributed by atoms with Gasteiger partial charge in [0.25, 0.3) is 5.91 Å². The van der Waals surface area contributed by atoms with Crippen LogP contribution in [-0.4, -0.2) is 28.1 Å². The number of benzene rings is 1. The van der Waals surface area contributed by atoms with Gasteiger partial charge in [-0.15, -0.1) is 0 Å². The Kier molecular flexibility index (Phi) is 4.58. The number of halogens is 2. The first kappa shape index (κ1) is 15.8. The zero-order chi connectivity index (χ0) is 15.7. The number of nitrogens with one attached hydrogen (secondary N) is 1. The number of carbonyl (C=O) groups is 2. The topological polar surface area (TPSA) is 99.8 Å². The number of hydrogen-bond acceptors (Lipinski definition) is 4. The molecule has 1 amide bonds. The van der Waals surface area contributed by atoms with E-state index in [0.29, 0.717) is 19.9 Å². The number of furan rings is 1. The lowest BCUT2D eigenvalue weighted by Crippen LogP contribution is -2.34. The molecule has 0 aliphatic rings. The van der Waals surface area contributed by atoms with Gasteiger partial charge < -0.3 is 19.9 Å². The lowest BCUT2D eigenvalue weighted by Gasteiger charge is -2.11. The fraction of sp³-hybridized carbons (Fsp3) is 0.231. The van der Waals surface area contributed by atoms with Crippen molar-refractivity contribution in [3.05, 3.63) is 26.8 Å². The molecule has 1 atom stereocenters. The molecule has 1 aromatic carbocycles. The van der Waals surface area contributed by atoms with Crippen molar-refractivity contribution in [2.24, 2.45) is 0 Å². The molecule has 2 aromatic rings. The fourth-order valence-corrected chi connectivity index (χ4v) is 3.19. The summed E-state index contributed by atoms with van der Waals surface area (Å²) >= 11 is 6.40. The molecular formula is C13H11Br2NO5. The molecule has 112 valence electrons. The Labute approximate surface area is 136 Å². The van der Waals surface area contributed by atoms with Gasteiger partial charge >= 0.3 is 5.97 Å². The largest absolute Gasteiger partial charge is 0.506 e. The molecule has 21 heavy (non-hydrogen) atoms. The van der Waals surface area contributed by atoms with Gasteiger partial charge in [0.15, 0.2) is 0 Å². The first-order valence-corrected chi connectivity index (χ1v) is 7.50. The number of hydrogen-bond donors (Lipinski definition) is 3. The molecule has 6 nitrogen and oxygen atoms in total. The van der Waals surface area contributed by atoms with Crippen molar-refractivity contribution in [2.75, 3.05) is 0 Å². The summed E-state index contributed by atoms with van der Waals surface area (Å²) in [4.78, 5) is 22.8. The van der Waals surface area contributed by atoms with E-state index >= 15 is 0 Å². The van der Waals surface area contributed by atoms with Crippen LogP contribution in [0.2, 0.25) is 0 Å². The molecule has 1 unspecified atom stereocenters. The van der Waals surface area contributed by atoms with Gasteiger partial charge in [-0.05, 0) is 44.8 Å². The molecule has 2 rings (SSSR count). The number of phenolic OH excluding ortho intramolecular Hbond substituents is 1. The minimum Gasteiger partial charge on any atom is -0.506 e. The summed E-state index contributed by atoms with van der Waals surface area (Å²) in [7, 11) is 0. The second-order valence-corrected chi connectivity index (χ2v) is 6.16. The Morgan fingerprint density at radius 2 is 2.10 bits per heavy atom. The average Bonchev–Trinajstić information content (AvgIpc) is 2.78. The van der Waals surface area contributed by atoms with Gasteiger partial charge in [-0.25, -0.2) is 0 Å². The van der Waals surface area contributed by atoms with Gasteiger partial charge in [0.1, 0.15) is 17.6 Å². The fourth-order valence-electron chi connectivity index (χ4n) is 1.89. The number of aromatic hydroxyl groups is 1. The van der Waals surface area contributed by atoms with Crippen molar-refractivity contribution in [1.82, 2.24) is 5.32 Å². The summed E-state index contributed by atoms with van der Waals surface area (Å²) in [5.41, 5.74) is 0.638. The van der Waals surface area contributed by atoms with Crippen LogP contribution in [0, 0.1) is 0 Å². The minimum atomic E-state index is -0.998. The van der Waals surface area contributed by atoms with Crippen molar-refractivity contribution in [3.8, 4) is 5.75 Å². The normalized spacial score (nSPS) is 12.3. The number of phenols is 1. The van der Waals surface area contributed by atoms with Gasteiger partial charge in [-0.2, -0.15) is 0 Å². The maximum absolute atomic E-state index is 12.2. The Morgan fingerprint density at radius 3 is 2.71 bits per heavy atom. The molecule has 0 saturated heterocycles. The molecular weight excluding hydrogens is 410 g/mol. The maximum Gasteiger partial charge on any atom is 0.305 e. The van der Waals surface area contributed by atoms with Gasteiger partial charge in [0, 0.05) is 6.04 Å². The van der Waals surface area contributed by atoms with E-state index in [-0.39, 0.29) is 17.7 Å². The van der Waals surface area contributed by atoms with Crippen LogP contribution in [0.15, 0.2) is 25.7 Å². The molecule has 0 aliphatic heterocycles. The van der Waals surface area contributed by atoms with E-state index in [4.69, 9.17) is 9.52 Å². The van der Waals surface area contributed by atoms with Gasteiger partial charge in [0.05, 0.1) is 26.3 Å². The third kappa shape index (κ3) is 3.21. The second kappa shape index (κ2) is 6.07. The maximum atomic E-state index is 12.2. The monoisotopic (exact) mass is 419 g/mol. The number of fused-ring (bicyclic) bond motifs is 1. The molecule has 1 heterocycles. The first-order valence-electron chi connectivity index (χ1n) is 5.92. The van der Waals surface area contributed by atoms with E-state index < -0.39 is 17.9 Å². The zero-order valence-corrected chi connectivity index (χ0v) is 14.0. The third-order valence-corrected chi connectivity index (χ3v) is 4.21. The number of carbonyl (C=O) groups excluding carboxylic acids is 1.